The molecule has 2 aromatic rings. The zero-order chi connectivity index (χ0) is 13.4. The Balaban J connectivity index is 2.03. The monoisotopic (exact) mass is 382 g/mol. The fourth-order valence-corrected chi connectivity index (χ4v) is 4.04. The van der Waals surface area contributed by atoms with E-state index in [0.717, 1.165) is 17.3 Å². The van der Waals surface area contributed by atoms with Crippen molar-refractivity contribution in [2.45, 2.75) is 36.8 Å². The lowest BCUT2D eigenvalue weighted by Crippen LogP contribution is -2.14. The van der Waals surface area contributed by atoms with E-state index < -0.39 is 0 Å². The molecular weight excluding hydrogens is 368 g/mol. The van der Waals surface area contributed by atoms with Gasteiger partial charge in [0.25, 0.3) is 0 Å². The molecule has 0 amide bonds. The summed E-state index contributed by atoms with van der Waals surface area (Å²) in [6.07, 6.45) is 2.94. The summed E-state index contributed by atoms with van der Waals surface area (Å²) in [5, 5.41) is 2.55. The van der Waals surface area contributed by atoms with Gasteiger partial charge in [0.05, 0.1) is 17.0 Å². The summed E-state index contributed by atoms with van der Waals surface area (Å²) < 4.78 is 7.14. The average Bonchev–Trinajstić information content (AvgIpc) is 2.86. The Kier molecular flexibility index (Phi) is 3.97. The van der Waals surface area contributed by atoms with Crippen LogP contribution >= 0.6 is 31.9 Å². The largest absolute Gasteiger partial charge is 0.374 e. The topological polar surface area (TPSA) is 9.23 Å². The lowest BCUT2D eigenvalue weighted by atomic mass is 9.98. The molecule has 3 atom stereocenters. The van der Waals surface area contributed by atoms with Crippen molar-refractivity contribution in [2.75, 3.05) is 0 Å². The highest BCUT2D eigenvalue weighted by molar-refractivity contribution is 9.10. The third kappa shape index (κ3) is 2.61. The van der Waals surface area contributed by atoms with E-state index in [-0.39, 0.29) is 10.9 Å². The fraction of sp³-hybridized carbons (Fsp3) is 0.375. The molecule has 0 spiro atoms. The lowest BCUT2D eigenvalue weighted by molar-refractivity contribution is 0.0558. The summed E-state index contributed by atoms with van der Waals surface area (Å²) in [4.78, 5) is 0.260. The Morgan fingerprint density at radius 3 is 2.53 bits per heavy atom. The van der Waals surface area contributed by atoms with Crippen LogP contribution in [-0.4, -0.2) is 12.2 Å². The molecule has 0 N–H and O–H groups in total. The number of benzene rings is 2. The minimum absolute atomic E-state index is 0.260. The van der Waals surface area contributed by atoms with Crippen LogP contribution in [0.1, 0.15) is 30.2 Å². The summed E-state index contributed by atoms with van der Waals surface area (Å²) in [6.45, 7) is 2.15. The van der Waals surface area contributed by atoms with Gasteiger partial charge in [0.1, 0.15) is 0 Å². The highest BCUT2D eigenvalue weighted by atomic mass is 79.9. The van der Waals surface area contributed by atoms with E-state index in [1.165, 1.54) is 16.3 Å². The van der Waals surface area contributed by atoms with Gasteiger partial charge in [0.2, 0.25) is 0 Å². The SMILES string of the molecule is CC1CCC(C(Br)c2ccc(Br)c3ccccc23)O1. The number of halogens is 2. The summed E-state index contributed by atoms with van der Waals surface area (Å²) in [6, 6.07) is 12.8. The minimum Gasteiger partial charge on any atom is -0.374 e. The molecular formula is C16H16Br2O. The van der Waals surface area contributed by atoms with E-state index in [4.69, 9.17) is 4.74 Å². The van der Waals surface area contributed by atoms with Crippen LogP contribution in [0.15, 0.2) is 40.9 Å². The van der Waals surface area contributed by atoms with E-state index in [1.807, 2.05) is 0 Å². The van der Waals surface area contributed by atoms with Gasteiger partial charge in [-0.25, -0.2) is 0 Å². The molecule has 0 bridgehead atoms. The van der Waals surface area contributed by atoms with Crippen LogP contribution in [0, 0.1) is 0 Å². The van der Waals surface area contributed by atoms with Crippen molar-refractivity contribution in [1.29, 1.82) is 0 Å². The quantitative estimate of drug-likeness (QED) is 0.612. The first-order valence-electron chi connectivity index (χ1n) is 6.63. The number of hydrogen-bond donors (Lipinski definition) is 0. The summed E-state index contributed by atoms with van der Waals surface area (Å²) in [5.41, 5.74) is 1.32. The van der Waals surface area contributed by atoms with Crippen molar-refractivity contribution in [2.24, 2.45) is 0 Å². The smallest absolute Gasteiger partial charge is 0.0745 e. The molecule has 19 heavy (non-hydrogen) atoms. The van der Waals surface area contributed by atoms with Crippen molar-refractivity contribution in [3.05, 3.63) is 46.4 Å². The normalized spacial score (nSPS) is 24.8. The first-order chi connectivity index (χ1) is 9.16. The zero-order valence-electron chi connectivity index (χ0n) is 10.8. The average molecular weight is 384 g/mol. The second-order valence-corrected chi connectivity index (χ2v) is 6.99. The summed E-state index contributed by atoms with van der Waals surface area (Å²) >= 11 is 7.47. The van der Waals surface area contributed by atoms with Crippen molar-refractivity contribution >= 4 is 42.6 Å². The molecule has 0 aliphatic carbocycles. The van der Waals surface area contributed by atoms with E-state index >= 15 is 0 Å². The van der Waals surface area contributed by atoms with Crippen LogP contribution in [0.3, 0.4) is 0 Å². The first kappa shape index (κ1) is 13.6. The zero-order valence-corrected chi connectivity index (χ0v) is 13.9. The van der Waals surface area contributed by atoms with Crippen molar-refractivity contribution in [1.82, 2.24) is 0 Å². The second kappa shape index (κ2) is 5.55. The Labute approximate surface area is 130 Å². The molecule has 3 heteroatoms. The highest BCUT2D eigenvalue weighted by Crippen LogP contribution is 2.40. The van der Waals surface area contributed by atoms with Crippen molar-refractivity contribution in [3.63, 3.8) is 0 Å². The van der Waals surface area contributed by atoms with E-state index in [9.17, 15) is 0 Å². The van der Waals surface area contributed by atoms with Gasteiger partial charge in [-0.1, -0.05) is 62.2 Å². The van der Waals surface area contributed by atoms with Crippen LogP contribution in [0.5, 0.6) is 0 Å². The van der Waals surface area contributed by atoms with Crippen molar-refractivity contribution in [3.8, 4) is 0 Å². The molecule has 0 radical (unpaired) electrons. The molecule has 1 heterocycles. The number of hydrogen-bond acceptors (Lipinski definition) is 1. The maximum Gasteiger partial charge on any atom is 0.0745 e. The fourth-order valence-electron chi connectivity index (χ4n) is 2.78. The molecule has 1 fully saturated rings. The van der Waals surface area contributed by atoms with Gasteiger partial charge >= 0.3 is 0 Å². The second-order valence-electron chi connectivity index (χ2n) is 5.15. The molecule has 100 valence electrons. The number of alkyl halides is 1. The van der Waals surface area contributed by atoms with E-state index in [1.54, 1.807) is 0 Å². The maximum atomic E-state index is 6.00. The third-order valence-corrected chi connectivity index (χ3v) is 5.57. The van der Waals surface area contributed by atoms with Gasteiger partial charge in [0.15, 0.2) is 0 Å². The molecule has 3 unspecified atom stereocenters. The Morgan fingerprint density at radius 2 is 1.84 bits per heavy atom. The standard InChI is InChI=1S/C16H16Br2O/c1-10-6-9-15(19-10)16(18)13-7-8-14(17)12-5-3-2-4-11(12)13/h2-5,7-8,10,15-16H,6,9H2,1H3. The molecule has 1 aliphatic heterocycles. The number of rotatable bonds is 2. The van der Waals surface area contributed by atoms with Crippen molar-refractivity contribution < 1.29 is 4.74 Å². The van der Waals surface area contributed by atoms with Crippen LogP contribution in [0.2, 0.25) is 0 Å². The van der Waals surface area contributed by atoms with Crippen LogP contribution in [-0.2, 0) is 4.74 Å². The molecule has 3 rings (SSSR count). The van der Waals surface area contributed by atoms with Gasteiger partial charge in [-0.3, -0.25) is 0 Å². The van der Waals surface area contributed by atoms with E-state index in [2.05, 4.69) is 75.2 Å². The van der Waals surface area contributed by atoms with Gasteiger partial charge in [-0.05, 0) is 42.2 Å². The van der Waals surface area contributed by atoms with Crippen LogP contribution in [0.25, 0.3) is 10.8 Å². The number of ether oxygens (including phenoxy) is 1. The Hall–Kier alpha value is -0.380. The summed E-state index contributed by atoms with van der Waals surface area (Å²) in [7, 11) is 0. The summed E-state index contributed by atoms with van der Waals surface area (Å²) in [5.74, 6) is 0. The molecule has 0 aromatic heterocycles. The molecule has 1 aliphatic rings. The molecule has 0 saturated carbocycles. The third-order valence-electron chi connectivity index (χ3n) is 3.79. The maximum absolute atomic E-state index is 6.00. The van der Waals surface area contributed by atoms with Gasteiger partial charge in [-0.15, -0.1) is 0 Å². The predicted molar refractivity (Wildman–Crippen MR) is 86.9 cm³/mol. The predicted octanol–water partition coefficient (Wildman–Crippen LogP) is 5.61. The van der Waals surface area contributed by atoms with Crippen LogP contribution < -0.4 is 0 Å². The lowest BCUT2D eigenvalue weighted by Gasteiger charge is -2.20. The molecule has 2 aromatic carbocycles. The minimum atomic E-state index is 0.260. The van der Waals surface area contributed by atoms with Gasteiger partial charge < -0.3 is 4.74 Å². The molecule has 1 saturated heterocycles. The van der Waals surface area contributed by atoms with Gasteiger partial charge in [0, 0.05) is 4.47 Å². The van der Waals surface area contributed by atoms with Crippen LogP contribution in [0.4, 0.5) is 0 Å². The first-order valence-corrected chi connectivity index (χ1v) is 8.34. The van der Waals surface area contributed by atoms with E-state index in [0.29, 0.717) is 6.10 Å². The highest BCUT2D eigenvalue weighted by Gasteiger charge is 2.29. The van der Waals surface area contributed by atoms with Gasteiger partial charge in [-0.2, -0.15) is 0 Å². The molecule has 1 nitrogen and oxygen atoms in total. The Morgan fingerprint density at radius 1 is 1.11 bits per heavy atom. The number of fused-ring (bicyclic) bond motifs is 1. The Bertz CT molecular complexity index is 596.